The van der Waals surface area contributed by atoms with Crippen molar-refractivity contribution in [2.75, 3.05) is 19.4 Å². The lowest BCUT2D eigenvalue weighted by Gasteiger charge is -2.14. The zero-order chi connectivity index (χ0) is 42.0. The van der Waals surface area contributed by atoms with E-state index in [4.69, 9.17) is 4.42 Å². The Balaban J connectivity index is 0.00000226. The number of fused-ring (bicyclic) bond motifs is 6. The number of anilines is 1. The maximum atomic E-state index is 6.26. The second kappa shape index (κ2) is 16.5. The van der Waals surface area contributed by atoms with Gasteiger partial charge in [0.1, 0.15) is 35.0 Å². The topological polar surface area (TPSA) is 133 Å². The summed E-state index contributed by atoms with van der Waals surface area (Å²) < 4.78 is 8.17. The molecule has 0 aliphatic heterocycles. The van der Waals surface area contributed by atoms with Crippen molar-refractivity contribution in [1.29, 1.82) is 0 Å². The van der Waals surface area contributed by atoms with Gasteiger partial charge in [0.05, 0.1) is 5.69 Å². The van der Waals surface area contributed by atoms with Gasteiger partial charge < -0.3 is 15.5 Å². The van der Waals surface area contributed by atoms with E-state index in [0.29, 0.717) is 17.5 Å². The van der Waals surface area contributed by atoms with Gasteiger partial charge in [0.15, 0.2) is 5.82 Å². The highest BCUT2D eigenvalue weighted by atomic mass is 16.3. The number of hydrogen-bond acceptors (Lipinski definition) is 8. The molecule has 1 aliphatic carbocycles. The second-order valence-electron chi connectivity index (χ2n) is 15.0. The molecule has 0 bridgehead atoms. The SMILES string of the molecule is CN.CN=C(Nc1ccccn1)c1cc(-c2ccc3c(c2)-c2cc(Cc4ccc5oc6ccc(-c7ccccn7)cc6c5c4)ccc2C3)cc(-c2nncn2-c2ccccn2)c1. The van der Waals surface area contributed by atoms with E-state index in [0.717, 1.165) is 74.1 Å². The number of hydrogen-bond donors (Lipinski definition) is 2. The smallest absolute Gasteiger partial charge is 0.169 e. The summed E-state index contributed by atoms with van der Waals surface area (Å²) in [4.78, 5) is 18.3. The summed E-state index contributed by atoms with van der Waals surface area (Å²) >= 11 is 0. The van der Waals surface area contributed by atoms with Crippen molar-refractivity contribution < 1.29 is 4.42 Å². The number of nitrogens with zero attached hydrogens (tertiary/aromatic N) is 7. The summed E-state index contributed by atoms with van der Waals surface area (Å²) in [6.45, 7) is 0. The maximum absolute atomic E-state index is 6.26. The maximum Gasteiger partial charge on any atom is 0.169 e. The van der Waals surface area contributed by atoms with Crippen molar-refractivity contribution in [2.24, 2.45) is 10.7 Å². The van der Waals surface area contributed by atoms with Gasteiger partial charge in [-0.05, 0) is 155 Å². The summed E-state index contributed by atoms with van der Waals surface area (Å²) in [6, 6.07) is 50.6. The fraction of sp³-hybridized carbons (Fsp3) is 0.0769. The second-order valence-corrected chi connectivity index (χ2v) is 15.0. The summed E-state index contributed by atoms with van der Waals surface area (Å²) in [5, 5.41) is 14.5. The number of furan rings is 1. The summed E-state index contributed by atoms with van der Waals surface area (Å²) in [5.74, 6) is 2.81. The van der Waals surface area contributed by atoms with Crippen LogP contribution in [0.4, 0.5) is 5.82 Å². The van der Waals surface area contributed by atoms with E-state index in [1.165, 1.54) is 40.4 Å². The fourth-order valence-corrected chi connectivity index (χ4v) is 8.34. The monoisotopic (exact) mass is 807 g/mol. The van der Waals surface area contributed by atoms with Crippen molar-refractivity contribution in [3.05, 3.63) is 198 Å². The van der Waals surface area contributed by atoms with E-state index in [-0.39, 0.29) is 0 Å². The van der Waals surface area contributed by atoms with Crippen LogP contribution in [0, 0.1) is 0 Å². The number of amidine groups is 1. The molecule has 5 aromatic heterocycles. The van der Waals surface area contributed by atoms with Crippen molar-refractivity contribution in [3.8, 4) is 50.7 Å². The minimum absolute atomic E-state index is 0.677. The van der Waals surface area contributed by atoms with E-state index in [9.17, 15) is 0 Å². The predicted octanol–water partition coefficient (Wildman–Crippen LogP) is 10.6. The van der Waals surface area contributed by atoms with E-state index >= 15 is 0 Å². The van der Waals surface area contributed by atoms with Crippen LogP contribution in [-0.2, 0) is 12.8 Å². The standard InChI is InChI=1S/C51H36N8O.CH5N/c1-52-50(57-48-9-3-6-20-54-48)39-26-38(27-40(28-39)51-58-56-31-59(51)49-10-4-7-21-55-49)34-14-15-36-25-35-13-11-32(23-41(35)42(36)29-34)22-33-12-17-46-43(24-33)44-30-37(16-18-47(44)60-46)45-8-2-5-19-53-45;1-2/h2-21,23-24,26-31H,22,25H2,1H3,(H,52,54,57);2H2,1H3. The van der Waals surface area contributed by atoms with Gasteiger partial charge in [0, 0.05) is 53.1 Å². The fourth-order valence-electron chi connectivity index (χ4n) is 8.34. The highest BCUT2D eigenvalue weighted by Crippen LogP contribution is 2.41. The average Bonchev–Trinajstić information content (AvgIpc) is 4.08. The third-order valence-corrected chi connectivity index (χ3v) is 11.2. The van der Waals surface area contributed by atoms with Crippen LogP contribution < -0.4 is 11.1 Å². The van der Waals surface area contributed by atoms with E-state index < -0.39 is 0 Å². The molecule has 0 atom stereocenters. The van der Waals surface area contributed by atoms with E-state index in [1.54, 1.807) is 25.8 Å². The van der Waals surface area contributed by atoms with Gasteiger partial charge in [-0.15, -0.1) is 10.2 Å². The number of nitrogens with two attached hydrogens (primary N) is 1. The quantitative estimate of drug-likeness (QED) is 0.115. The van der Waals surface area contributed by atoms with Gasteiger partial charge in [-0.3, -0.25) is 14.5 Å². The lowest BCUT2D eigenvalue weighted by molar-refractivity contribution is 0.669. The molecule has 1 aliphatic rings. The number of nitrogens with one attached hydrogen (secondary N) is 1. The van der Waals surface area contributed by atoms with Gasteiger partial charge in [-0.25, -0.2) is 9.97 Å². The lowest BCUT2D eigenvalue weighted by Crippen LogP contribution is -2.15. The molecule has 0 spiro atoms. The minimum Gasteiger partial charge on any atom is -0.456 e. The van der Waals surface area contributed by atoms with Crippen LogP contribution in [0.25, 0.3) is 72.7 Å². The molecule has 62 heavy (non-hydrogen) atoms. The molecule has 5 aromatic carbocycles. The highest BCUT2D eigenvalue weighted by Gasteiger charge is 2.22. The molecule has 0 saturated carbocycles. The van der Waals surface area contributed by atoms with Gasteiger partial charge in [0.25, 0.3) is 0 Å². The van der Waals surface area contributed by atoms with E-state index in [1.807, 2.05) is 71.4 Å². The first-order valence-electron chi connectivity index (χ1n) is 20.5. The molecule has 5 heterocycles. The molecule has 10 aromatic rings. The van der Waals surface area contributed by atoms with Crippen molar-refractivity contribution in [2.45, 2.75) is 12.8 Å². The summed E-state index contributed by atoms with van der Waals surface area (Å²) in [5.41, 5.74) is 19.9. The molecule has 0 unspecified atom stereocenters. The molecule has 3 N–H and O–H groups in total. The Morgan fingerprint density at radius 3 is 2.11 bits per heavy atom. The number of pyridine rings is 3. The first kappa shape index (κ1) is 38.1. The van der Waals surface area contributed by atoms with Crippen LogP contribution in [0.5, 0.6) is 0 Å². The molecule has 0 amide bonds. The highest BCUT2D eigenvalue weighted by molar-refractivity contribution is 6.09. The Morgan fingerprint density at radius 2 is 1.34 bits per heavy atom. The Morgan fingerprint density at radius 1 is 0.645 bits per heavy atom. The molecular formula is C52H41N9O. The van der Waals surface area contributed by atoms with Gasteiger partial charge >= 0.3 is 0 Å². The summed E-state index contributed by atoms with van der Waals surface area (Å²) in [7, 11) is 3.28. The minimum atomic E-state index is 0.677. The van der Waals surface area contributed by atoms with Crippen molar-refractivity contribution in [1.82, 2.24) is 29.7 Å². The van der Waals surface area contributed by atoms with Crippen LogP contribution in [-0.4, -0.2) is 49.6 Å². The zero-order valence-electron chi connectivity index (χ0n) is 34.2. The van der Waals surface area contributed by atoms with Gasteiger partial charge in [-0.1, -0.05) is 54.6 Å². The molecule has 10 heteroatoms. The molecule has 11 rings (SSSR count). The Kier molecular flexibility index (Phi) is 10.2. The zero-order valence-corrected chi connectivity index (χ0v) is 34.2. The normalized spacial score (nSPS) is 11.9. The average molecular weight is 808 g/mol. The molecule has 0 saturated heterocycles. The Bertz CT molecular complexity index is 3250. The van der Waals surface area contributed by atoms with Crippen molar-refractivity contribution in [3.63, 3.8) is 0 Å². The first-order chi connectivity index (χ1) is 30.6. The Labute approximate surface area is 358 Å². The first-order valence-corrected chi connectivity index (χ1v) is 20.5. The van der Waals surface area contributed by atoms with Crippen LogP contribution >= 0.6 is 0 Å². The number of rotatable bonds is 8. The molecular weight excluding hydrogens is 767 g/mol. The third kappa shape index (κ3) is 7.29. The molecule has 300 valence electrons. The van der Waals surface area contributed by atoms with Crippen LogP contribution in [0.15, 0.2) is 180 Å². The van der Waals surface area contributed by atoms with Crippen molar-refractivity contribution >= 4 is 33.6 Å². The lowest BCUT2D eigenvalue weighted by atomic mass is 9.94. The van der Waals surface area contributed by atoms with Crippen LogP contribution in [0.1, 0.15) is 27.8 Å². The van der Waals surface area contributed by atoms with Crippen LogP contribution in [0.3, 0.4) is 0 Å². The molecule has 0 fully saturated rings. The summed E-state index contributed by atoms with van der Waals surface area (Å²) in [6.07, 6.45) is 8.76. The molecule has 10 nitrogen and oxygen atoms in total. The predicted molar refractivity (Wildman–Crippen MR) is 248 cm³/mol. The largest absolute Gasteiger partial charge is 0.456 e. The third-order valence-electron chi connectivity index (χ3n) is 11.2. The molecule has 0 radical (unpaired) electrons. The van der Waals surface area contributed by atoms with Gasteiger partial charge in [-0.2, -0.15) is 0 Å². The Hall–Kier alpha value is -8.08. The number of benzene rings is 5. The van der Waals surface area contributed by atoms with Gasteiger partial charge in [0.2, 0.25) is 0 Å². The van der Waals surface area contributed by atoms with E-state index in [2.05, 4.69) is 126 Å². The number of aromatic nitrogens is 6. The van der Waals surface area contributed by atoms with Crippen LogP contribution in [0.2, 0.25) is 0 Å². The number of aliphatic imine (C=N–C) groups is 1.